The van der Waals surface area contributed by atoms with Crippen LogP contribution < -0.4 is 14.8 Å². The number of methoxy groups -OCH3 is 2. The molecule has 128 valence electrons. The van der Waals surface area contributed by atoms with Crippen molar-refractivity contribution in [3.05, 3.63) is 58.6 Å². The number of rotatable bonds is 7. The van der Waals surface area contributed by atoms with Crippen molar-refractivity contribution in [2.24, 2.45) is 5.92 Å². The first-order valence-electron chi connectivity index (χ1n) is 7.76. The molecular formula is C19H22ClNO3. The van der Waals surface area contributed by atoms with Crippen LogP contribution in [0, 0.1) is 5.92 Å². The van der Waals surface area contributed by atoms with Gasteiger partial charge in [-0.2, -0.15) is 0 Å². The Bertz CT molecular complexity index is 703. The van der Waals surface area contributed by atoms with Crippen molar-refractivity contribution in [2.45, 2.75) is 19.9 Å². The molecule has 0 saturated carbocycles. The summed E-state index contributed by atoms with van der Waals surface area (Å²) < 4.78 is 10.5. The predicted octanol–water partition coefficient (Wildman–Crippen LogP) is 3.85. The normalized spacial score (nSPS) is 11.7. The standard InChI is InChI=1S/C19H22ClNO3/c1-13(9-14-7-8-17(23-2)18(11-14)24-3)19(22)21-12-15-5-4-6-16(20)10-15/h4-8,10-11,13H,9,12H2,1-3H3,(H,21,22). The van der Waals surface area contributed by atoms with Gasteiger partial charge in [0, 0.05) is 17.5 Å². The monoisotopic (exact) mass is 347 g/mol. The van der Waals surface area contributed by atoms with Gasteiger partial charge in [0.1, 0.15) is 0 Å². The molecule has 0 spiro atoms. The smallest absolute Gasteiger partial charge is 0.223 e. The van der Waals surface area contributed by atoms with Gasteiger partial charge in [0.15, 0.2) is 11.5 Å². The van der Waals surface area contributed by atoms with Crippen molar-refractivity contribution < 1.29 is 14.3 Å². The fourth-order valence-corrected chi connectivity index (χ4v) is 2.68. The highest BCUT2D eigenvalue weighted by Gasteiger charge is 2.15. The lowest BCUT2D eigenvalue weighted by Gasteiger charge is -2.14. The molecular weight excluding hydrogens is 326 g/mol. The van der Waals surface area contributed by atoms with Crippen molar-refractivity contribution in [1.82, 2.24) is 5.32 Å². The van der Waals surface area contributed by atoms with Crippen molar-refractivity contribution in [2.75, 3.05) is 14.2 Å². The van der Waals surface area contributed by atoms with Crippen molar-refractivity contribution in [1.29, 1.82) is 0 Å². The minimum Gasteiger partial charge on any atom is -0.493 e. The first-order chi connectivity index (χ1) is 11.5. The Morgan fingerprint density at radius 1 is 1.08 bits per heavy atom. The number of halogens is 1. The molecule has 0 aliphatic carbocycles. The van der Waals surface area contributed by atoms with Crippen molar-refractivity contribution in [3.63, 3.8) is 0 Å². The Kier molecular flexibility index (Phi) is 6.50. The minimum absolute atomic E-state index is 0.00441. The molecule has 4 nitrogen and oxygen atoms in total. The number of benzene rings is 2. The van der Waals surface area contributed by atoms with Crippen molar-refractivity contribution in [3.8, 4) is 11.5 Å². The number of ether oxygens (including phenoxy) is 2. The van der Waals surface area contributed by atoms with Crippen LogP contribution in [0.3, 0.4) is 0 Å². The first kappa shape index (κ1) is 18.1. The number of nitrogens with one attached hydrogen (secondary N) is 1. The minimum atomic E-state index is -0.151. The zero-order valence-electron chi connectivity index (χ0n) is 14.1. The van der Waals surface area contributed by atoms with Gasteiger partial charge in [-0.15, -0.1) is 0 Å². The molecule has 1 unspecified atom stereocenters. The third-order valence-corrected chi connectivity index (χ3v) is 4.03. The molecule has 2 aromatic rings. The van der Waals surface area contributed by atoms with Gasteiger partial charge in [0.25, 0.3) is 0 Å². The van der Waals surface area contributed by atoms with Crippen LogP contribution in [-0.2, 0) is 17.8 Å². The van der Waals surface area contributed by atoms with Gasteiger partial charge in [-0.25, -0.2) is 0 Å². The number of hydrogen-bond acceptors (Lipinski definition) is 3. The Morgan fingerprint density at radius 2 is 1.83 bits per heavy atom. The van der Waals surface area contributed by atoms with Crippen molar-refractivity contribution >= 4 is 17.5 Å². The molecule has 0 aliphatic heterocycles. The first-order valence-corrected chi connectivity index (χ1v) is 8.14. The molecule has 2 rings (SSSR count). The summed E-state index contributed by atoms with van der Waals surface area (Å²) in [5.74, 6) is 1.20. The third-order valence-electron chi connectivity index (χ3n) is 3.79. The summed E-state index contributed by atoms with van der Waals surface area (Å²) in [4.78, 5) is 12.3. The van der Waals surface area contributed by atoms with E-state index in [-0.39, 0.29) is 11.8 Å². The third kappa shape index (κ3) is 4.90. The van der Waals surface area contributed by atoms with E-state index >= 15 is 0 Å². The molecule has 0 fully saturated rings. The van der Waals surface area contributed by atoms with E-state index in [1.165, 1.54) is 0 Å². The van der Waals surface area contributed by atoms with Gasteiger partial charge in [-0.3, -0.25) is 4.79 Å². The summed E-state index contributed by atoms with van der Waals surface area (Å²) in [6.07, 6.45) is 0.627. The van der Waals surface area contributed by atoms with E-state index in [0.717, 1.165) is 11.1 Å². The van der Waals surface area contributed by atoms with Crippen LogP contribution in [-0.4, -0.2) is 20.1 Å². The second-order valence-electron chi connectivity index (χ2n) is 5.64. The second kappa shape index (κ2) is 8.60. The number of carbonyl (C=O) groups excluding carboxylic acids is 1. The summed E-state index contributed by atoms with van der Waals surface area (Å²) in [5.41, 5.74) is 2.01. The van der Waals surface area contributed by atoms with E-state index in [2.05, 4.69) is 5.32 Å². The quantitative estimate of drug-likeness (QED) is 0.827. The molecule has 0 saturated heterocycles. The molecule has 0 bridgehead atoms. The van der Waals surface area contributed by atoms with E-state index in [1.54, 1.807) is 14.2 Å². The maximum absolute atomic E-state index is 12.3. The van der Waals surface area contributed by atoms with E-state index in [9.17, 15) is 4.79 Å². The highest BCUT2D eigenvalue weighted by atomic mass is 35.5. The molecule has 1 amide bonds. The van der Waals surface area contributed by atoms with Gasteiger partial charge in [0.2, 0.25) is 5.91 Å². The van der Waals surface area contributed by atoms with E-state index in [4.69, 9.17) is 21.1 Å². The topological polar surface area (TPSA) is 47.6 Å². The zero-order chi connectivity index (χ0) is 17.5. The lowest BCUT2D eigenvalue weighted by molar-refractivity contribution is -0.124. The largest absolute Gasteiger partial charge is 0.493 e. The molecule has 2 aromatic carbocycles. The molecule has 0 radical (unpaired) electrons. The van der Waals surface area contributed by atoms with Crippen LogP contribution in [0.25, 0.3) is 0 Å². The highest BCUT2D eigenvalue weighted by Crippen LogP contribution is 2.28. The van der Waals surface area contributed by atoms with Gasteiger partial charge >= 0.3 is 0 Å². The highest BCUT2D eigenvalue weighted by molar-refractivity contribution is 6.30. The Labute approximate surface area is 147 Å². The maximum atomic E-state index is 12.3. The number of hydrogen-bond donors (Lipinski definition) is 1. The maximum Gasteiger partial charge on any atom is 0.223 e. The number of amides is 1. The van der Waals surface area contributed by atoms with E-state index in [0.29, 0.717) is 29.5 Å². The Balaban J connectivity index is 1.93. The Morgan fingerprint density at radius 3 is 2.50 bits per heavy atom. The molecule has 0 heterocycles. The van der Waals surface area contributed by atoms with Gasteiger partial charge < -0.3 is 14.8 Å². The van der Waals surface area contributed by atoms with Crippen LogP contribution in [0.15, 0.2) is 42.5 Å². The van der Waals surface area contributed by atoms with Crippen LogP contribution in [0.5, 0.6) is 11.5 Å². The molecule has 0 aliphatic rings. The van der Waals surface area contributed by atoms with Gasteiger partial charge in [-0.1, -0.05) is 36.7 Å². The van der Waals surface area contributed by atoms with E-state index < -0.39 is 0 Å². The Hall–Kier alpha value is -2.20. The van der Waals surface area contributed by atoms with E-state index in [1.807, 2.05) is 49.4 Å². The number of carbonyl (C=O) groups is 1. The van der Waals surface area contributed by atoms with Gasteiger partial charge in [0.05, 0.1) is 14.2 Å². The molecule has 24 heavy (non-hydrogen) atoms. The zero-order valence-corrected chi connectivity index (χ0v) is 14.9. The fourth-order valence-electron chi connectivity index (χ4n) is 2.46. The van der Waals surface area contributed by atoms with Crippen LogP contribution in [0.2, 0.25) is 5.02 Å². The lowest BCUT2D eigenvalue weighted by atomic mass is 10.00. The predicted molar refractivity (Wildman–Crippen MR) is 95.7 cm³/mol. The average Bonchev–Trinajstić information content (AvgIpc) is 2.59. The molecule has 1 atom stereocenters. The van der Waals surface area contributed by atoms with Crippen LogP contribution >= 0.6 is 11.6 Å². The summed E-state index contributed by atoms with van der Waals surface area (Å²) >= 11 is 5.95. The summed E-state index contributed by atoms with van der Waals surface area (Å²) in [7, 11) is 3.20. The second-order valence-corrected chi connectivity index (χ2v) is 6.08. The average molecular weight is 348 g/mol. The summed E-state index contributed by atoms with van der Waals surface area (Å²) in [6, 6.07) is 13.2. The fraction of sp³-hybridized carbons (Fsp3) is 0.316. The molecule has 0 aromatic heterocycles. The summed E-state index contributed by atoms with van der Waals surface area (Å²) in [5, 5.41) is 3.61. The van der Waals surface area contributed by atoms with Crippen LogP contribution in [0.4, 0.5) is 0 Å². The molecule has 1 N–H and O–H groups in total. The van der Waals surface area contributed by atoms with Crippen LogP contribution in [0.1, 0.15) is 18.1 Å². The van der Waals surface area contributed by atoms with Gasteiger partial charge in [-0.05, 0) is 41.8 Å². The SMILES string of the molecule is COc1ccc(CC(C)C(=O)NCc2cccc(Cl)c2)cc1OC. The lowest BCUT2D eigenvalue weighted by Crippen LogP contribution is -2.29. The molecule has 5 heteroatoms. The summed E-state index contributed by atoms with van der Waals surface area (Å²) in [6.45, 7) is 2.37.